The van der Waals surface area contributed by atoms with E-state index in [2.05, 4.69) is 29.9 Å². The number of benzene rings is 4. The van der Waals surface area contributed by atoms with Crippen molar-refractivity contribution in [3.05, 3.63) is 179 Å². The number of carboxylic acid groups (broad SMARTS) is 1. The van der Waals surface area contributed by atoms with Crippen molar-refractivity contribution in [2.75, 3.05) is 55.8 Å². The van der Waals surface area contributed by atoms with Gasteiger partial charge in [-0.1, -0.05) is 60.7 Å². The molecular formula is C61H61F5N8O8. The first kappa shape index (κ1) is 57.9. The SMILES string of the molecule is CCOC(=O)[C@@H]1CN(c2nccc(C(C)(F)F)n2)C[C@@H]1Cc1ccc(OCCc2nc(-c3ccccc3)oc2C)cc1.Cc1oc(-c2ccccc2)nc1CCOc1ccc(C[C@H]2CN(c3nccc(C(F)(F)F)n3)C[C@H]2C(=O)O)cc1. The zero-order valence-electron chi connectivity index (χ0n) is 45.6. The minimum atomic E-state index is -4.61. The van der Waals surface area contributed by atoms with Crippen molar-refractivity contribution in [2.45, 2.75) is 65.5 Å². The lowest BCUT2D eigenvalue weighted by atomic mass is 9.90. The number of esters is 1. The highest BCUT2D eigenvalue weighted by atomic mass is 19.4. The van der Waals surface area contributed by atoms with Crippen LogP contribution in [0.3, 0.4) is 0 Å². The molecule has 2 saturated heterocycles. The first-order chi connectivity index (χ1) is 39.4. The molecule has 21 heteroatoms. The Bertz CT molecular complexity index is 3400. The van der Waals surface area contributed by atoms with Crippen molar-refractivity contribution in [1.29, 1.82) is 0 Å². The fraction of sp³-hybridized carbons (Fsp3) is 0.344. The summed E-state index contributed by atoms with van der Waals surface area (Å²) in [4.78, 5) is 53.1. The van der Waals surface area contributed by atoms with Gasteiger partial charge in [-0.3, -0.25) is 9.59 Å². The third kappa shape index (κ3) is 14.8. The molecule has 4 atom stereocenters. The molecule has 6 heterocycles. The Kier molecular flexibility index (Phi) is 18.2. The van der Waals surface area contributed by atoms with E-state index in [1.54, 1.807) is 11.8 Å². The quantitative estimate of drug-likeness (QED) is 0.0559. The summed E-state index contributed by atoms with van der Waals surface area (Å²) in [5.41, 5.74) is 4.04. The van der Waals surface area contributed by atoms with Gasteiger partial charge in [0, 0.05) is 69.5 Å². The second kappa shape index (κ2) is 25.8. The molecule has 82 heavy (non-hydrogen) atoms. The number of aryl methyl sites for hydroxylation is 2. The van der Waals surface area contributed by atoms with E-state index < -0.39 is 35.6 Å². The minimum Gasteiger partial charge on any atom is -0.493 e. The van der Waals surface area contributed by atoms with Gasteiger partial charge in [0.15, 0.2) is 0 Å². The fourth-order valence-corrected chi connectivity index (χ4v) is 9.99. The third-order valence-corrected chi connectivity index (χ3v) is 14.3. The van der Waals surface area contributed by atoms with Crippen LogP contribution in [0, 0.1) is 37.5 Å². The van der Waals surface area contributed by atoms with Gasteiger partial charge in [-0.2, -0.15) is 22.0 Å². The number of nitrogens with zero attached hydrogens (tertiary/aromatic N) is 8. The summed E-state index contributed by atoms with van der Waals surface area (Å²) >= 11 is 0. The first-order valence-corrected chi connectivity index (χ1v) is 26.9. The van der Waals surface area contributed by atoms with Gasteiger partial charge in [-0.05, 0) is 117 Å². The number of carbonyl (C=O) groups is 2. The van der Waals surface area contributed by atoms with Crippen LogP contribution in [0.1, 0.15) is 59.3 Å². The van der Waals surface area contributed by atoms with E-state index in [0.717, 1.165) is 70.1 Å². The van der Waals surface area contributed by atoms with Crippen molar-refractivity contribution >= 4 is 23.8 Å². The minimum absolute atomic E-state index is 0.0377. The number of hydrogen-bond donors (Lipinski definition) is 1. The van der Waals surface area contributed by atoms with Gasteiger partial charge >= 0.3 is 18.1 Å². The number of aliphatic carboxylic acids is 1. The molecule has 8 aromatic rings. The van der Waals surface area contributed by atoms with Crippen molar-refractivity contribution in [2.24, 2.45) is 23.7 Å². The molecule has 4 aromatic carbocycles. The Morgan fingerprint density at radius 3 is 1.48 bits per heavy atom. The second-order valence-electron chi connectivity index (χ2n) is 20.2. The molecule has 16 nitrogen and oxygen atoms in total. The van der Waals surface area contributed by atoms with Crippen LogP contribution in [0.4, 0.5) is 33.8 Å². The van der Waals surface area contributed by atoms with E-state index >= 15 is 0 Å². The molecule has 0 unspecified atom stereocenters. The normalized spacial score (nSPS) is 17.1. The van der Waals surface area contributed by atoms with Gasteiger partial charge < -0.3 is 38.0 Å². The molecule has 4 aromatic heterocycles. The molecule has 2 fully saturated rings. The predicted octanol–water partition coefficient (Wildman–Crippen LogP) is 11.5. The number of aromatic nitrogens is 6. The van der Waals surface area contributed by atoms with Gasteiger partial charge in [-0.15, -0.1) is 0 Å². The Labute approximate surface area is 470 Å². The molecule has 0 bridgehead atoms. The van der Waals surface area contributed by atoms with Crippen molar-refractivity contribution in [1.82, 2.24) is 29.9 Å². The van der Waals surface area contributed by atoms with Crippen molar-refractivity contribution in [3.8, 4) is 34.4 Å². The van der Waals surface area contributed by atoms with E-state index in [0.29, 0.717) is 69.5 Å². The maximum Gasteiger partial charge on any atom is 0.433 e. The number of anilines is 2. The number of halogens is 5. The van der Waals surface area contributed by atoms with Gasteiger partial charge in [0.1, 0.15) is 34.4 Å². The van der Waals surface area contributed by atoms with Crippen LogP contribution < -0.4 is 19.3 Å². The van der Waals surface area contributed by atoms with E-state index in [1.165, 1.54) is 17.2 Å². The highest BCUT2D eigenvalue weighted by Gasteiger charge is 2.42. The lowest BCUT2D eigenvalue weighted by molar-refractivity contribution is -0.148. The van der Waals surface area contributed by atoms with Gasteiger partial charge in [0.25, 0.3) is 5.92 Å². The summed E-state index contributed by atoms with van der Waals surface area (Å²) in [6.45, 7) is 8.47. The van der Waals surface area contributed by atoms with E-state index in [4.69, 9.17) is 23.0 Å². The topological polar surface area (TPSA) is 192 Å². The highest BCUT2D eigenvalue weighted by Crippen LogP contribution is 2.35. The number of carboxylic acids is 1. The monoisotopic (exact) mass is 1130 g/mol. The van der Waals surface area contributed by atoms with Crippen LogP contribution in [0.2, 0.25) is 0 Å². The van der Waals surface area contributed by atoms with E-state index in [-0.39, 0.29) is 55.1 Å². The van der Waals surface area contributed by atoms with E-state index in [9.17, 15) is 36.6 Å². The first-order valence-electron chi connectivity index (χ1n) is 26.9. The van der Waals surface area contributed by atoms with Crippen LogP contribution in [-0.4, -0.2) is 92.9 Å². The Hall–Kier alpha value is -8.75. The van der Waals surface area contributed by atoms with Crippen molar-refractivity contribution < 1.29 is 59.7 Å². The summed E-state index contributed by atoms with van der Waals surface area (Å²) in [5.74, 6) is -1.86. The summed E-state index contributed by atoms with van der Waals surface area (Å²) in [6.07, 6.45) is -0.0229. The number of carbonyl (C=O) groups excluding carboxylic acids is 1. The average Bonchev–Trinajstić information content (AvgIpc) is 4.49. The largest absolute Gasteiger partial charge is 0.493 e. The van der Waals surface area contributed by atoms with Crippen LogP contribution >= 0.6 is 0 Å². The predicted molar refractivity (Wildman–Crippen MR) is 293 cm³/mol. The van der Waals surface area contributed by atoms with Gasteiger partial charge in [0.05, 0.1) is 43.0 Å². The zero-order valence-corrected chi connectivity index (χ0v) is 45.6. The van der Waals surface area contributed by atoms with Crippen LogP contribution in [0.25, 0.3) is 22.9 Å². The number of ether oxygens (including phenoxy) is 3. The smallest absolute Gasteiger partial charge is 0.433 e. The molecule has 0 radical (unpaired) electrons. The molecule has 0 aliphatic carbocycles. The molecule has 0 saturated carbocycles. The molecular weight excluding hydrogens is 1070 g/mol. The van der Waals surface area contributed by atoms with Crippen LogP contribution in [0.15, 0.2) is 143 Å². The summed E-state index contributed by atoms with van der Waals surface area (Å²) in [5, 5.41) is 9.75. The lowest BCUT2D eigenvalue weighted by Crippen LogP contribution is -2.27. The summed E-state index contributed by atoms with van der Waals surface area (Å²) in [6, 6.07) is 36.6. The molecule has 0 spiro atoms. The summed E-state index contributed by atoms with van der Waals surface area (Å²) < 4.78 is 95.8. The lowest BCUT2D eigenvalue weighted by Gasteiger charge is -2.18. The summed E-state index contributed by atoms with van der Waals surface area (Å²) in [7, 11) is 0. The molecule has 2 aliphatic rings. The molecule has 10 rings (SSSR count). The number of hydrogen-bond acceptors (Lipinski definition) is 15. The standard InChI is InChI=1S/C32H34F2N4O4.C29H27F3N4O4/c1-4-40-30(39)26-20-38(31-35-16-14-28(37-31)32(3,33)34)19-24(26)18-22-10-12-25(13-11-22)41-17-15-27-21(2)42-29(36-27)23-8-6-5-7-9-23;1-18-24(34-26(40-18)20-5-3-2-4-6-20)12-14-39-22-9-7-19(8-10-22)15-21-16-36(17-23(21)27(37)38)28-33-13-11-25(35-28)29(30,31)32/h5-14,16,24,26H,4,15,17-20H2,1-3H3;2-11,13,21,23H,12,14-17H2,1H3,(H,37,38)/t24-,26+;21-,23+/m00/s1. The highest BCUT2D eigenvalue weighted by molar-refractivity contribution is 5.75. The average molecular weight is 1130 g/mol. The number of oxazole rings is 2. The van der Waals surface area contributed by atoms with Gasteiger partial charge in [-0.25, -0.2) is 29.9 Å². The van der Waals surface area contributed by atoms with Crippen LogP contribution in [0.5, 0.6) is 11.5 Å². The number of rotatable bonds is 20. The maximum absolute atomic E-state index is 13.9. The molecule has 1 N–H and O–H groups in total. The second-order valence-corrected chi connectivity index (χ2v) is 20.2. The Morgan fingerprint density at radius 2 is 1.04 bits per heavy atom. The maximum atomic E-state index is 13.9. The molecule has 428 valence electrons. The Morgan fingerprint density at radius 1 is 0.598 bits per heavy atom. The van der Waals surface area contributed by atoms with Gasteiger partial charge in [0.2, 0.25) is 23.7 Å². The zero-order chi connectivity index (χ0) is 58.0. The fourth-order valence-electron chi connectivity index (χ4n) is 9.99. The third-order valence-electron chi connectivity index (χ3n) is 14.3. The Balaban J connectivity index is 0.000000198. The molecule has 2 aliphatic heterocycles. The number of alkyl halides is 5. The van der Waals surface area contributed by atoms with Crippen LogP contribution in [-0.2, 0) is 52.1 Å². The van der Waals surface area contributed by atoms with E-state index in [1.807, 2.05) is 123 Å². The molecule has 0 amide bonds. The van der Waals surface area contributed by atoms with Crippen molar-refractivity contribution in [3.63, 3.8) is 0 Å².